The highest BCUT2D eigenvalue weighted by Gasteiger charge is 2.13. The lowest BCUT2D eigenvalue weighted by Crippen LogP contribution is -2.23. The molecule has 0 heterocycles. The molecule has 0 unspecified atom stereocenters. The van der Waals surface area contributed by atoms with Crippen LogP contribution in [0.5, 0.6) is 5.75 Å². The Bertz CT molecular complexity index is 651. The Morgan fingerprint density at radius 3 is 2.57 bits per heavy atom. The maximum atomic E-state index is 12.1. The van der Waals surface area contributed by atoms with E-state index >= 15 is 0 Å². The Labute approximate surface area is 122 Å². The van der Waals surface area contributed by atoms with Crippen molar-refractivity contribution in [3.05, 3.63) is 59.2 Å². The van der Waals surface area contributed by atoms with E-state index in [4.69, 9.17) is 0 Å². The van der Waals surface area contributed by atoms with Crippen LogP contribution in [-0.2, 0) is 11.3 Å². The number of carbonyl (C=O) groups is 2. The van der Waals surface area contributed by atoms with Crippen LogP contribution in [0.4, 0.5) is 5.69 Å². The molecule has 2 aromatic carbocycles. The number of phenolic OH excluding ortho intramolecular Hbond substituents is 1. The number of carbonyl (C=O) groups excluding carboxylic acids is 2. The summed E-state index contributed by atoms with van der Waals surface area (Å²) in [6.07, 6.45) is 0.447. The van der Waals surface area contributed by atoms with Crippen LogP contribution in [-0.4, -0.2) is 17.4 Å². The van der Waals surface area contributed by atoms with Gasteiger partial charge in [0.25, 0.3) is 5.91 Å². The monoisotopic (exact) mass is 284 g/mol. The van der Waals surface area contributed by atoms with Gasteiger partial charge >= 0.3 is 0 Å². The number of phenols is 1. The van der Waals surface area contributed by atoms with E-state index in [0.717, 1.165) is 11.1 Å². The van der Waals surface area contributed by atoms with E-state index in [0.29, 0.717) is 13.0 Å². The third-order valence-corrected chi connectivity index (χ3v) is 3.07. The van der Waals surface area contributed by atoms with Crippen LogP contribution in [0.3, 0.4) is 0 Å². The second kappa shape index (κ2) is 6.56. The van der Waals surface area contributed by atoms with Crippen LogP contribution in [0.25, 0.3) is 0 Å². The lowest BCUT2D eigenvalue weighted by molar-refractivity contribution is -0.105. The molecule has 0 aliphatic carbocycles. The number of benzene rings is 2. The van der Waals surface area contributed by atoms with Crippen molar-refractivity contribution in [2.24, 2.45) is 0 Å². The second-order valence-corrected chi connectivity index (χ2v) is 4.63. The molecule has 3 N–H and O–H groups in total. The fourth-order valence-corrected chi connectivity index (χ4v) is 1.89. The van der Waals surface area contributed by atoms with Crippen molar-refractivity contribution in [2.75, 3.05) is 5.32 Å². The Kier molecular flexibility index (Phi) is 4.56. The Hall–Kier alpha value is -2.82. The summed E-state index contributed by atoms with van der Waals surface area (Å²) >= 11 is 0. The summed E-state index contributed by atoms with van der Waals surface area (Å²) in [5, 5.41) is 15.0. The molecule has 0 aliphatic heterocycles. The van der Waals surface area contributed by atoms with Crippen LogP contribution >= 0.6 is 0 Å². The quantitative estimate of drug-likeness (QED) is 0.582. The van der Waals surface area contributed by atoms with Gasteiger partial charge < -0.3 is 15.7 Å². The lowest BCUT2D eigenvalue weighted by Gasteiger charge is -2.09. The van der Waals surface area contributed by atoms with Gasteiger partial charge in [-0.1, -0.05) is 35.9 Å². The molecule has 5 heteroatoms. The molecule has 2 amide bonds. The number of amides is 2. The normalized spacial score (nSPS) is 9.95. The molecule has 0 atom stereocenters. The van der Waals surface area contributed by atoms with Crippen molar-refractivity contribution >= 4 is 18.0 Å². The van der Waals surface area contributed by atoms with E-state index in [-0.39, 0.29) is 17.0 Å². The molecule has 5 nitrogen and oxygen atoms in total. The predicted octanol–water partition coefficient (Wildman–Crippen LogP) is 2.20. The zero-order chi connectivity index (χ0) is 15.2. The van der Waals surface area contributed by atoms with Crippen LogP contribution in [0.15, 0.2) is 42.5 Å². The first-order valence-corrected chi connectivity index (χ1v) is 6.47. The predicted molar refractivity (Wildman–Crippen MR) is 80.1 cm³/mol. The van der Waals surface area contributed by atoms with Gasteiger partial charge in [-0.25, -0.2) is 0 Å². The van der Waals surface area contributed by atoms with E-state index in [2.05, 4.69) is 10.6 Å². The van der Waals surface area contributed by atoms with Crippen molar-refractivity contribution in [1.82, 2.24) is 5.32 Å². The van der Waals surface area contributed by atoms with Gasteiger partial charge in [0, 0.05) is 6.54 Å². The highest BCUT2D eigenvalue weighted by Crippen LogP contribution is 2.26. The average Bonchev–Trinajstić information content (AvgIpc) is 2.49. The summed E-state index contributed by atoms with van der Waals surface area (Å²) in [5.74, 6) is -0.645. The maximum absolute atomic E-state index is 12.1. The van der Waals surface area contributed by atoms with Crippen LogP contribution in [0, 0.1) is 6.92 Å². The topological polar surface area (TPSA) is 78.4 Å². The van der Waals surface area contributed by atoms with Crippen molar-refractivity contribution in [3.63, 3.8) is 0 Å². The van der Waals surface area contributed by atoms with Crippen molar-refractivity contribution in [2.45, 2.75) is 13.5 Å². The zero-order valence-corrected chi connectivity index (χ0v) is 11.6. The summed E-state index contributed by atoms with van der Waals surface area (Å²) in [4.78, 5) is 22.5. The van der Waals surface area contributed by atoms with Crippen molar-refractivity contribution in [1.29, 1.82) is 0 Å². The number of hydrogen-bond donors (Lipinski definition) is 3. The van der Waals surface area contributed by atoms with E-state index in [9.17, 15) is 14.7 Å². The third-order valence-electron chi connectivity index (χ3n) is 3.07. The fourth-order valence-electron chi connectivity index (χ4n) is 1.89. The lowest BCUT2D eigenvalue weighted by atomic mass is 10.1. The molecule has 2 aromatic rings. The van der Waals surface area contributed by atoms with E-state index in [1.807, 2.05) is 31.2 Å². The van der Waals surface area contributed by atoms with Gasteiger partial charge in [-0.2, -0.15) is 0 Å². The maximum Gasteiger partial charge on any atom is 0.255 e. The van der Waals surface area contributed by atoms with Gasteiger partial charge in [0.1, 0.15) is 0 Å². The number of rotatable bonds is 5. The second-order valence-electron chi connectivity index (χ2n) is 4.63. The molecular weight excluding hydrogens is 268 g/mol. The molecule has 0 bridgehead atoms. The van der Waals surface area contributed by atoms with Crippen molar-refractivity contribution < 1.29 is 14.7 Å². The summed E-state index contributed by atoms with van der Waals surface area (Å²) in [6, 6.07) is 12.4. The number of aryl methyl sites for hydroxylation is 1. The fraction of sp³-hybridized carbons (Fsp3) is 0.125. The average molecular weight is 284 g/mol. The summed E-state index contributed by atoms with van der Waals surface area (Å²) < 4.78 is 0. The molecule has 0 fully saturated rings. The molecule has 0 radical (unpaired) electrons. The van der Waals surface area contributed by atoms with Crippen LogP contribution in [0.1, 0.15) is 21.5 Å². The third kappa shape index (κ3) is 3.60. The summed E-state index contributed by atoms with van der Waals surface area (Å²) in [7, 11) is 0. The molecule has 21 heavy (non-hydrogen) atoms. The number of hydrogen-bond acceptors (Lipinski definition) is 3. The molecular formula is C16H16N2O3. The highest BCUT2D eigenvalue weighted by molar-refractivity contribution is 5.99. The SMILES string of the molecule is Cc1ccc(CNC(=O)c2cccc(NC=O)c2O)cc1. The highest BCUT2D eigenvalue weighted by atomic mass is 16.3. The zero-order valence-electron chi connectivity index (χ0n) is 11.6. The summed E-state index contributed by atoms with van der Waals surface area (Å²) in [5.41, 5.74) is 2.44. The van der Waals surface area contributed by atoms with Crippen LogP contribution in [0.2, 0.25) is 0 Å². The molecule has 0 aliphatic rings. The van der Waals surface area contributed by atoms with E-state index in [1.165, 1.54) is 12.1 Å². The van der Waals surface area contributed by atoms with E-state index in [1.54, 1.807) is 6.07 Å². The minimum Gasteiger partial charge on any atom is -0.505 e. The standard InChI is InChI=1S/C16H16N2O3/c1-11-5-7-12(8-6-11)9-17-16(21)13-3-2-4-14(15(13)20)18-10-19/h2-8,10,20H,9H2,1H3,(H,17,21)(H,18,19). The molecule has 0 saturated carbocycles. The van der Waals surface area contributed by atoms with Gasteiger partial charge in [-0.3, -0.25) is 9.59 Å². The van der Waals surface area contributed by atoms with Gasteiger partial charge in [0.15, 0.2) is 5.75 Å². The Morgan fingerprint density at radius 1 is 1.19 bits per heavy atom. The minimum absolute atomic E-state index is 0.119. The van der Waals surface area contributed by atoms with Crippen LogP contribution < -0.4 is 10.6 Å². The molecule has 0 aromatic heterocycles. The number of anilines is 1. The van der Waals surface area contributed by atoms with E-state index < -0.39 is 5.91 Å². The first-order chi connectivity index (χ1) is 10.1. The molecule has 2 rings (SSSR count). The molecule has 108 valence electrons. The Morgan fingerprint density at radius 2 is 1.90 bits per heavy atom. The molecule has 0 saturated heterocycles. The molecule has 0 spiro atoms. The smallest absolute Gasteiger partial charge is 0.255 e. The first-order valence-electron chi connectivity index (χ1n) is 6.47. The van der Waals surface area contributed by atoms with Gasteiger partial charge in [-0.15, -0.1) is 0 Å². The summed E-state index contributed by atoms with van der Waals surface area (Å²) in [6.45, 7) is 2.36. The van der Waals surface area contributed by atoms with Gasteiger partial charge in [0.2, 0.25) is 6.41 Å². The van der Waals surface area contributed by atoms with Crippen molar-refractivity contribution in [3.8, 4) is 5.75 Å². The number of aromatic hydroxyl groups is 1. The van der Waals surface area contributed by atoms with Gasteiger partial charge in [-0.05, 0) is 24.6 Å². The Balaban J connectivity index is 2.08. The minimum atomic E-state index is -0.400. The number of nitrogens with one attached hydrogen (secondary N) is 2. The number of para-hydroxylation sites is 1. The largest absolute Gasteiger partial charge is 0.505 e. The first kappa shape index (κ1) is 14.6. The van der Waals surface area contributed by atoms with Gasteiger partial charge in [0.05, 0.1) is 11.3 Å².